The first-order chi connectivity index (χ1) is 7.65. The van der Waals surface area contributed by atoms with E-state index in [1.807, 2.05) is 25.1 Å². The molecule has 0 aliphatic rings. The normalized spacial score (nSPS) is 10.4. The Hall–Kier alpha value is -1.06. The molecule has 1 N–H and O–H groups in total. The maximum Gasteiger partial charge on any atom is 0.112 e. The third-order valence-corrected chi connectivity index (χ3v) is 3.50. The van der Waals surface area contributed by atoms with Crippen molar-refractivity contribution in [1.29, 1.82) is 0 Å². The molecule has 0 saturated heterocycles. The predicted octanol–water partition coefficient (Wildman–Crippen LogP) is 4.03. The number of thiazole rings is 1. The molecule has 2 aromatic rings. The van der Waals surface area contributed by atoms with Crippen molar-refractivity contribution < 1.29 is 0 Å². The van der Waals surface area contributed by atoms with Gasteiger partial charge in [0.05, 0.1) is 6.54 Å². The minimum atomic E-state index is 0.750. The van der Waals surface area contributed by atoms with Crippen molar-refractivity contribution in [2.45, 2.75) is 20.4 Å². The quantitative estimate of drug-likeness (QED) is 0.892. The molecular weight excluding hydrogens is 240 g/mol. The molecule has 0 fully saturated rings. The molecule has 16 heavy (non-hydrogen) atoms. The lowest BCUT2D eigenvalue weighted by atomic mass is 10.2. The van der Waals surface area contributed by atoms with Crippen LogP contribution in [0.4, 0.5) is 5.69 Å². The molecule has 1 aromatic carbocycles. The topological polar surface area (TPSA) is 24.9 Å². The predicted molar refractivity (Wildman–Crippen MR) is 70.4 cm³/mol. The van der Waals surface area contributed by atoms with Crippen molar-refractivity contribution in [1.82, 2.24) is 4.98 Å². The van der Waals surface area contributed by atoms with Crippen molar-refractivity contribution in [3.8, 4) is 0 Å². The van der Waals surface area contributed by atoms with Crippen LogP contribution in [0.2, 0.25) is 5.02 Å². The Bertz CT molecular complexity index is 494. The number of nitrogens with one attached hydrogen (secondary N) is 1. The van der Waals surface area contributed by atoms with Crippen LogP contribution in [-0.2, 0) is 6.54 Å². The van der Waals surface area contributed by atoms with Gasteiger partial charge in [-0.15, -0.1) is 11.3 Å². The van der Waals surface area contributed by atoms with Gasteiger partial charge in [0.15, 0.2) is 0 Å². The summed E-state index contributed by atoms with van der Waals surface area (Å²) in [4.78, 5) is 4.40. The van der Waals surface area contributed by atoms with Gasteiger partial charge in [-0.3, -0.25) is 0 Å². The second kappa shape index (κ2) is 4.85. The minimum Gasteiger partial charge on any atom is -0.378 e. The number of aryl methyl sites for hydroxylation is 2. The van der Waals surface area contributed by atoms with E-state index in [9.17, 15) is 0 Å². The Labute approximate surface area is 104 Å². The van der Waals surface area contributed by atoms with E-state index in [0.717, 1.165) is 28.0 Å². The number of aromatic nitrogens is 1. The molecule has 84 valence electrons. The van der Waals surface area contributed by atoms with E-state index in [1.54, 1.807) is 11.3 Å². The van der Waals surface area contributed by atoms with E-state index in [2.05, 4.69) is 22.6 Å². The fourth-order valence-corrected chi connectivity index (χ4v) is 2.32. The first-order valence-corrected chi connectivity index (χ1v) is 6.32. The molecule has 0 radical (unpaired) electrons. The van der Waals surface area contributed by atoms with Crippen molar-refractivity contribution in [2.75, 3.05) is 5.32 Å². The monoisotopic (exact) mass is 252 g/mol. The molecule has 1 heterocycles. The van der Waals surface area contributed by atoms with Gasteiger partial charge < -0.3 is 5.32 Å². The molecule has 1 aromatic heterocycles. The maximum atomic E-state index is 5.95. The highest BCUT2D eigenvalue weighted by atomic mass is 35.5. The summed E-state index contributed by atoms with van der Waals surface area (Å²) in [6.45, 7) is 4.82. The highest BCUT2D eigenvalue weighted by molar-refractivity contribution is 7.09. The van der Waals surface area contributed by atoms with E-state index in [0.29, 0.717) is 0 Å². The standard InChI is InChI=1S/C12H13ClN2S/c1-8-3-4-10(13)5-11(8)14-6-12-15-9(2)7-16-12/h3-5,7,14H,6H2,1-2H3. The lowest BCUT2D eigenvalue weighted by Crippen LogP contribution is -2.00. The lowest BCUT2D eigenvalue weighted by molar-refractivity contribution is 1.07. The Morgan fingerprint density at radius 2 is 2.19 bits per heavy atom. The Morgan fingerprint density at radius 1 is 1.38 bits per heavy atom. The van der Waals surface area contributed by atoms with Gasteiger partial charge in [-0.1, -0.05) is 17.7 Å². The van der Waals surface area contributed by atoms with E-state index < -0.39 is 0 Å². The SMILES string of the molecule is Cc1csc(CNc2cc(Cl)ccc2C)n1. The first kappa shape index (κ1) is 11.4. The smallest absolute Gasteiger partial charge is 0.112 e. The number of hydrogen-bond acceptors (Lipinski definition) is 3. The average Bonchev–Trinajstić information content (AvgIpc) is 2.66. The van der Waals surface area contributed by atoms with Crippen molar-refractivity contribution in [2.24, 2.45) is 0 Å². The second-order valence-corrected chi connectivity index (χ2v) is 5.07. The van der Waals surface area contributed by atoms with E-state index >= 15 is 0 Å². The van der Waals surface area contributed by atoms with Crippen LogP contribution in [0.15, 0.2) is 23.6 Å². The Balaban J connectivity index is 2.07. The van der Waals surface area contributed by atoms with Crippen LogP contribution in [0.3, 0.4) is 0 Å². The number of anilines is 1. The van der Waals surface area contributed by atoms with Crippen LogP contribution >= 0.6 is 22.9 Å². The Kier molecular flexibility index (Phi) is 3.46. The zero-order valence-electron chi connectivity index (χ0n) is 9.25. The third-order valence-electron chi connectivity index (χ3n) is 2.30. The van der Waals surface area contributed by atoms with E-state index in [-0.39, 0.29) is 0 Å². The largest absolute Gasteiger partial charge is 0.378 e. The second-order valence-electron chi connectivity index (χ2n) is 3.70. The number of rotatable bonds is 3. The van der Waals surface area contributed by atoms with Crippen LogP contribution in [0.1, 0.15) is 16.3 Å². The molecule has 0 amide bonds. The van der Waals surface area contributed by atoms with Crippen LogP contribution in [0, 0.1) is 13.8 Å². The van der Waals surface area contributed by atoms with Gasteiger partial charge in [0.1, 0.15) is 5.01 Å². The van der Waals surface area contributed by atoms with Crippen LogP contribution in [0.25, 0.3) is 0 Å². The van der Waals surface area contributed by atoms with Gasteiger partial charge >= 0.3 is 0 Å². The van der Waals surface area contributed by atoms with Gasteiger partial charge in [0, 0.05) is 21.8 Å². The van der Waals surface area contributed by atoms with Crippen LogP contribution in [0.5, 0.6) is 0 Å². The molecule has 0 aliphatic carbocycles. The summed E-state index contributed by atoms with van der Waals surface area (Å²) < 4.78 is 0. The summed E-state index contributed by atoms with van der Waals surface area (Å²) in [5.74, 6) is 0. The molecule has 0 bridgehead atoms. The fourth-order valence-electron chi connectivity index (χ4n) is 1.44. The maximum absolute atomic E-state index is 5.95. The molecule has 0 unspecified atom stereocenters. The molecule has 0 saturated carbocycles. The zero-order chi connectivity index (χ0) is 11.5. The number of halogens is 1. The van der Waals surface area contributed by atoms with Gasteiger partial charge in [-0.05, 0) is 31.5 Å². The first-order valence-electron chi connectivity index (χ1n) is 5.06. The van der Waals surface area contributed by atoms with Gasteiger partial charge in [-0.25, -0.2) is 4.98 Å². The van der Waals surface area contributed by atoms with E-state index in [4.69, 9.17) is 11.6 Å². The average molecular weight is 253 g/mol. The lowest BCUT2D eigenvalue weighted by Gasteiger charge is -2.08. The number of nitrogens with zero attached hydrogens (tertiary/aromatic N) is 1. The summed E-state index contributed by atoms with van der Waals surface area (Å²) in [6.07, 6.45) is 0. The summed E-state index contributed by atoms with van der Waals surface area (Å²) in [7, 11) is 0. The molecule has 0 spiro atoms. The molecule has 4 heteroatoms. The molecule has 2 nitrogen and oxygen atoms in total. The van der Waals surface area contributed by atoms with Crippen LogP contribution < -0.4 is 5.32 Å². The van der Waals surface area contributed by atoms with Gasteiger partial charge in [-0.2, -0.15) is 0 Å². The summed E-state index contributed by atoms with van der Waals surface area (Å²) in [6, 6.07) is 5.85. The minimum absolute atomic E-state index is 0.750. The van der Waals surface area contributed by atoms with Crippen LogP contribution in [-0.4, -0.2) is 4.98 Å². The van der Waals surface area contributed by atoms with E-state index in [1.165, 1.54) is 5.56 Å². The van der Waals surface area contributed by atoms with Crippen molar-refractivity contribution in [3.63, 3.8) is 0 Å². The van der Waals surface area contributed by atoms with Gasteiger partial charge in [0.2, 0.25) is 0 Å². The number of benzene rings is 1. The molecule has 2 rings (SSSR count). The Morgan fingerprint density at radius 3 is 2.88 bits per heavy atom. The van der Waals surface area contributed by atoms with Gasteiger partial charge in [0.25, 0.3) is 0 Å². The summed E-state index contributed by atoms with van der Waals surface area (Å²) in [5.41, 5.74) is 3.34. The molecule has 0 aliphatic heterocycles. The highest BCUT2D eigenvalue weighted by Crippen LogP contribution is 2.21. The molecular formula is C12H13ClN2S. The fraction of sp³-hybridized carbons (Fsp3) is 0.250. The number of hydrogen-bond donors (Lipinski definition) is 1. The molecule has 0 atom stereocenters. The van der Waals surface area contributed by atoms with Crippen molar-refractivity contribution in [3.05, 3.63) is 44.9 Å². The summed E-state index contributed by atoms with van der Waals surface area (Å²) >= 11 is 7.62. The third kappa shape index (κ3) is 2.74. The zero-order valence-corrected chi connectivity index (χ0v) is 10.8. The highest BCUT2D eigenvalue weighted by Gasteiger charge is 2.01. The van der Waals surface area contributed by atoms with Crippen molar-refractivity contribution >= 4 is 28.6 Å². The summed E-state index contributed by atoms with van der Waals surface area (Å²) in [5, 5.41) is 7.25.